The molecule has 0 aliphatic heterocycles. The molecule has 8 heteroatoms. The topological polar surface area (TPSA) is 64.3 Å². The summed E-state index contributed by atoms with van der Waals surface area (Å²) in [4.78, 5) is 12.6. The van der Waals surface area contributed by atoms with Gasteiger partial charge in [0.15, 0.2) is 17.4 Å². The summed E-state index contributed by atoms with van der Waals surface area (Å²) in [7, 11) is 1.03. The van der Waals surface area contributed by atoms with Crippen LogP contribution in [0, 0.1) is 24.4 Å². The number of amides is 1. The third-order valence-corrected chi connectivity index (χ3v) is 4.15. The summed E-state index contributed by atoms with van der Waals surface area (Å²) in [6, 6.07) is 5.23. The number of rotatable bonds is 5. The lowest BCUT2D eigenvalue weighted by Crippen LogP contribution is -2.18. The monoisotopic (exact) mass is 356 g/mol. The summed E-state index contributed by atoms with van der Waals surface area (Å²) in [6.45, 7) is 1.75. The predicted octanol–water partition coefficient (Wildman–Crippen LogP) is 3.99. The second-order valence-corrected chi connectivity index (χ2v) is 5.77. The average molecular weight is 356 g/mol. The standard InChI is InChI=1S/C16H15F3N2O2S/c1-7-6-8(24-3)4-5-9(7)21-14-10(16(20)22)15(23-2)13(19)11(17)12(14)18/h4-6,21H,1-3H3,(H2,20,22). The summed E-state index contributed by atoms with van der Waals surface area (Å²) in [6.07, 6.45) is 1.90. The molecule has 0 aliphatic rings. The molecule has 0 atom stereocenters. The minimum absolute atomic E-state index is 0.419. The molecule has 2 rings (SSSR count). The number of aryl methyl sites for hydroxylation is 1. The second kappa shape index (κ2) is 7.04. The molecule has 0 bridgehead atoms. The number of anilines is 2. The van der Waals surface area contributed by atoms with Crippen LogP contribution in [0.5, 0.6) is 5.75 Å². The summed E-state index contributed by atoms with van der Waals surface area (Å²) in [5.41, 5.74) is 5.17. The van der Waals surface area contributed by atoms with Gasteiger partial charge < -0.3 is 15.8 Å². The van der Waals surface area contributed by atoms with E-state index in [1.165, 1.54) is 11.8 Å². The first-order chi connectivity index (χ1) is 11.3. The zero-order chi connectivity index (χ0) is 18.0. The van der Waals surface area contributed by atoms with Crippen LogP contribution in [0.15, 0.2) is 23.1 Å². The maximum atomic E-state index is 14.2. The first kappa shape index (κ1) is 18.0. The Labute approximate surface area is 141 Å². The maximum Gasteiger partial charge on any atom is 0.254 e. The fourth-order valence-corrected chi connectivity index (χ4v) is 2.72. The van der Waals surface area contributed by atoms with Crippen LogP contribution in [0.25, 0.3) is 0 Å². The van der Waals surface area contributed by atoms with Gasteiger partial charge in [0.1, 0.15) is 5.56 Å². The molecule has 128 valence electrons. The molecule has 1 amide bonds. The van der Waals surface area contributed by atoms with E-state index in [1.54, 1.807) is 19.1 Å². The van der Waals surface area contributed by atoms with Gasteiger partial charge in [0.05, 0.1) is 12.8 Å². The molecule has 0 spiro atoms. The number of carbonyl (C=O) groups excluding carboxylic acids is 1. The van der Waals surface area contributed by atoms with E-state index >= 15 is 0 Å². The van der Waals surface area contributed by atoms with Crippen molar-refractivity contribution in [3.63, 3.8) is 0 Å². The molecule has 0 unspecified atom stereocenters. The highest BCUT2D eigenvalue weighted by Gasteiger charge is 2.29. The lowest BCUT2D eigenvalue weighted by atomic mass is 10.1. The molecule has 0 saturated carbocycles. The van der Waals surface area contributed by atoms with Crippen molar-refractivity contribution >= 4 is 29.0 Å². The number of hydrogen-bond donors (Lipinski definition) is 2. The van der Waals surface area contributed by atoms with E-state index in [-0.39, 0.29) is 0 Å². The largest absolute Gasteiger partial charge is 0.493 e. The van der Waals surface area contributed by atoms with Crippen LogP contribution in [0.4, 0.5) is 24.5 Å². The van der Waals surface area contributed by atoms with Gasteiger partial charge in [0.2, 0.25) is 5.82 Å². The molecule has 0 aliphatic carbocycles. The van der Waals surface area contributed by atoms with Gasteiger partial charge in [-0.1, -0.05) is 0 Å². The number of carbonyl (C=O) groups is 1. The predicted molar refractivity (Wildman–Crippen MR) is 87.6 cm³/mol. The SMILES string of the molecule is COc1c(F)c(F)c(F)c(Nc2ccc(SC)cc2C)c1C(N)=O. The molecule has 0 fully saturated rings. The van der Waals surface area contributed by atoms with Crippen molar-refractivity contribution in [2.75, 3.05) is 18.7 Å². The summed E-state index contributed by atoms with van der Waals surface area (Å²) < 4.78 is 46.5. The molecule has 24 heavy (non-hydrogen) atoms. The van der Waals surface area contributed by atoms with Gasteiger partial charge in [0.25, 0.3) is 5.91 Å². The van der Waals surface area contributed by atoms with Gasteiger partial charge in [-0.05, 0) is 36.9 Å². The molecule has 3 N–H and O–H groups in total. The molecule has 2 aromatic rings. The number of nitrogens with two attached hydrogens (primary N) is 1. The molecule has 0 heterocycles. The Morgan fingerprint density at radius 3 is 2.38 bits per heavy atom. The minimum Gasteiger partial charge on any atom is -0.493 e. The zero-order valence-corrected chi connectivity index (χ0v) is 14.0. The van der Waals surface area contributed by atoms with Crippen LogP contribution in [0.1, 0.15) is 15.9 Å². The molecule has 4 nitrogen and oxygen atoms in total. The summed E-state index contributed by atoms with van der Waals surface area (Å²) >= 11 is 1.51. The smallest absolute Gasteiger partial charge is 0.254 e. The number of thioether (sulfide) groups is 1. The highest BCUT2D eigenvalue weighted by molar-refractivity contribution is 7.98. The van der Waals surface area contributed by atoms with Crippen LogP contribution in [-0.2, 0) is 0 Å². The van der Waals surface area contributed by atoms with E-state index in [9.17, 15) is 18.0 Å². The quantitative estimate of drug-likeness (QED) is 0.628. The molecule has 0 aromatic heterocycles. The third-order valence-electron chi connectivity index (χ3n) is 3.43. The summed E-state index contributed by atoms with van der Waals surface area (Å²) in [5.74, 6) is -6.80. The molecule has 0 saturated heterocycles. The van der Waals surface area contributed by atoms with Crippen LogP contribution in [0.2, 0.25) is 0 Å². The lowest BCUT2D eigenvalue weighted by molar-refractivity contribution is 0.0996. The number of methoxy groups -OCH3 is 1. The Hall–Kier alpha value is -2.35. The van der Waals surface area contributed by atoms with Crippen molar-refractivity contribution in [2.45, 2.75) is 11.8 Å². The van der Waals surface area contributed by atoms with Crippen molar-refractivity contribution in [3.05, 3.63) is 46.8 Å². The fraction of sp³-hybridized carbons (Fsp3) is 0.188. The van der Waals surface area contributed by atoms with Crippen molar-refractivity contribution in [3.8, 4) is 5.75 Å². The first-order valence-electron chi connectivity index (χ1n) is 6.77. The van der Waals surface area contributed by atoms with E-state index in [4.69, 9.17) is 10.5 Å². The number of primary amides is 1. The number of halogens is 3. The van der Waals surface area contributed by atoms with Crippen molar-refractivity contribution in [1.82, 2.24) is 0 Å². The first-order valence-corrected chi connectivity index (χ1v) is 8.00. The highest BCUT2D eigenvalue weighted by atomic mass is 32.2. The average Bonchev–Trinajstić information content (AvgIpc) is 2.56. The van der Waals surface area contributed by atoms with E-state index in [0.29, 0.717) is 5.69 Å². The summed E-state index contributed by atoms with van der Waals surface area (Å²) in [5, 5.41) is 2.61. The Bertz CT molecular complexity index is 813. The van der Waals surface area contributed by atoms with E-state index in [0.717, 1.165) is 17.6 Å². The minimum atomic E-state index is -1.75. The van der Waals surface area contributed by atoms with Gasteiger partial charge in [-0.3, -0.25) is 4.79 Å². The molecular weight excluding hydrogens is 341 g/mol. The van der Waals surface area contributed by atoms with Crippen LogP contribution < -0.4 is 15.8 Å². The van der Waals surface area contributed by atoms with Crippen molar-refractivity contribution in [1.29, 1.82) is 0 Å². The zero-order valence-electron chi connectivity index (χ0n) is 13.2. The van der Waals surface area contributed by atoms with Crippen LogP contribution in [-0.4, -0.2) is 19.3 Å². The Morgan fingerprint density at radius 2 is 1.88 bits per heavy atom. The van der Waals surface area contributed by atoms with E-state index in [2.05, 4.69) is 5.32 Å². The Morgan fingerprint density at radius 1 is 1.21 bits per heavy atom. The molecule has 0 radical (unpaired) electrons. The van der Waals surface area contributed by atoms with Crippen LogP contribution in [0.3, 0.4) is 0 Å². The third kappa shape index (κ3) is 3.14. The van der Waals surface area contributed by atoms with E-state index < -0.39 is 40.4 Å². The van der Waals surface area contributed by atoms with Crippen molar-refractivity contribution in [2.24, 2.45) is 5.73 Å². The number of nitrogens with one attached hydrogen (secondary N) is 1. The number of benzene rings is 2. The van der Waals surface area contributed by atoms with Gasteiger partial charge in [-0.2, -0.15) is 4.39 Å². The van der Waals surface area contributed by atoms with Crippen LogP contribution >= 0.6 is 11.8 Å². The van der Waals surface area contributed by atoms with Crippen molar-refractivity contribution < 1.29 is 22.7 Å². The van der Waals surface area contributed by atoms with Gasteiger partial charge in [-0.15, -0.1) is 11.8 Å². The Kier molecular flexibility index (Phi) is 5.28. The normalized spacial score (nSPS) is 10.6. The number of ether oxygens (including phenoxy) is 1. The highest BCUT2D eigenvalue weighted by Crippen LogP contribution is 2.37. The van der Waals surface area contributed by atoms with E-state index in [1.807, 2.05) is 12.3 Å². The van der Waals surface area contributed by atoms with Gasteiger partial charge in [-0.25, -0.2) is 8.78 Å². The van der Waals surface area contributed by atoms with Gasteiger partial charge in [0, 0.05) is 10.6 Å². The fourth-order valence-electron chi connectivity index (χ4n) is 2.22. The van der Waals surface area contributed by atoms with Gasteiger partial charge >= 0.3 is 0 Å². The lowest BCUT2D eigenvalue weighted by Gasteiger charge is -2.17. The second-order valence-electron chi connectivity index (χ2n) is 4.90. The molecular formula is C16H15F3N2O2S. The maximum absolute atomic E-state index is 14.2. The molecule has 2 aromatic carbocycles. The number of hydrogen-bond acceptors (Lipinski definition) is 4. The Balaban J connectivity index is 2.65.